The van der Waals surface area contributed by atoms with Crippen molar-refractivity contribution in [3.8, 4) is 11.1 Å². The summed E-state index contributed by atoms with van der Waals surface area (Å²) in [5, 5.41) is 2.88. The number of amides is 1. The van der Waals surface area contributed by atoms with Crippen molar-refractivity contribution in [3.05, 3.63) is 84.4 Å². The van der Waals surface area contributed by atoms with Crippen LogP contribution >= 0.6 is 0 Å². The zero-order valence-corrected chi connectivity index (χ0v) is 17.6. The lowest BCUT2D eigenvalue weighted by Crippen LogP contribution is -2.43. The third-order valence-electron chi connectivity index (χ3n) is 5.39. The molecule has 0 spiro atoms. The predicted molar refractivity (Wildman–Crippen MR) is 119 cm³/mol. The Kier molecular flexibility index (Phi) is 5.70. The van der Waals surface area contributed by atoms with Gasteiger partial charge in [-0.05, 0) is 55.2 Å². The minimum absolute atomic E-state index is 0.222. The molecule has 0 bridgehead atoms. The minimum atomic E-state index is -3.71. The van der Waals surface area contributed by atoms with Crippen LogP contribution in [0.1, 0.15) is 18.4 Å². The van der Waals surface area contributed by atoms with Crippen molar-refractivity contribution in [2.75, 3.05) is 11.9 Å². The summed E-state index contributed by atoms with van der Waals surface area (Å²) in [6.45, 7) is 2.26. The topological polar surface area (TPSA) is 66.5 Å². The SMILES string of the molecule is Cc1ccc(S(=O)(=O)N2CCC[C@@H]2C(=O)Nc2ccc(-c3ccccc3)cc2)cc1. The van der Waals surface area contributed by atoms with Gasteiger partial charge in [-0.1, -0.05) is 60.2 Å². The van der Waals surface area contributed by atoms with Crippen molar-refractivity contribution in [3.63, 3.8) is 0 Å². The fraction of sp³-hybridized carbons (Fsp3) is 0.208. The molecular formula is C24H24N2O3S. The molecule has 1 fully saturated rings. The van der Waals surface area contributed by atoms with Crippen LogP contribution in [0.5, 0.6) is 0 Å². The van der Waals surface area contributed by atoms with Gasteiger partial charge in [0, 0.05) is 12.2 Å². The fourth-order valence-corrected chi connectivity index (χ4v) is 5.39. The molecule has 1 atom stereocenters. The van der Waals surface area contributed by atoms with Crippen LogP contribution in [0.3, 0.4) is 0 Å². The molecule has 154 valence electrons. The van der Waals surface area contributed by atoms with E-state index in [-0.39, 0.29) is 10.8 Å². The quantitative estimate of drug-likeness (QED) is 0.663. The molecular weight excluding hydrogens is 396 g/mol. The number of anilines is 1. The lowest BCUT2D eigenvalue weighted by atomic mass is 10.1. The Morgan fingerprint density at radius 2 is 1.53 bits per heavy atom. The lowest BCUT2D eigenvalue weighted by molar-refractivity contribution is -0.119. The number of carbonyl (C=O) groups excluding carboxylic acids is 1. The molecule has 3 aromatic rings. The number of rotatable bonds is 5. The fourth-order valence-electron chi connectivity index (χ4n) is 3.74. The van der Waals surface area contributed by atoms with Gasteiger partial charge in [0.05, 0.1) is 4.90 Å². The number of carbonyl (C=O) groups is 1. The van der Waals surface area contributed by atoms with Gasteiger partial charge in [0.2, 0.25) is 15.9 Å². The van der Waals surface area contributed by atoms with E-state index in [1.807, 2.05) is 61.5 Å². The second kappa shape index (κ2) is 8.42. The molecule has 6 heteroatoms. The molecule has 1 heterocycles. The number of aryl methyl sites for hydroxylation is 1. The van der Waals surface area contributed by atoms with Crippen LogP contribution in [0.2, 0.25) is 0 Å². The number of sulfonamides is 1. The average molecular weight is 421 g/mol. The minimum Gasteiger partial charge on any atom is -0.325 e. The van der Waals surface area contributed by atoms with E-state index in [4.69, 9.17) is 0 Å². The van der Waals surface area contributed by atoms with E-state index in [1.165, 1.54) is 4.31 Å². The van der Waals surface area contributed by atoms with E-state index >= 15 is 0 Å². The Morgan fingerprint density at radius 1 is 0.900 bits per heavy atom. The Balaban J connectivity index is 1.49. The van der Waals surface area contributed by atoms with Crippen LogP contribution in [0.15, 0.2) is 83.8 Å². The molecule has 1 aliphatic heterocycles. The monoisotopic (exact) mass is 420 g/mol. The van der Waals surface area contributed by atoms with Crippen molar-refractivity contribution < 1.29 is 13.2 Å². The summed E-state index contributed by atoms with van der Waals surface area (Å²) in [7, 11) is -3.71. The molecule has 0 unspecified atom stereocenters. The van der Waals surface area contributed by atoms with Crippen molar-refractivity contribution in [2.24, 2.45) is 0 Å². The van der Waals surface area contributed by atoms with Crippen LogP contribution < -0.4 is 5.32 Å². The van der Waals surface area contributed by atoms with Gasteiger partial charge in [-0.15, -0.1) is 0 Å². The number of nitrogens with one attached hydrogen (secondary N) is 1. The van der Waals surface area contributed by atoms with E-state index in [0.29, 0.717) is 25.1 Å². The maximum absolute atomic E-state index is 13.1. The lowest BCUT2D eigenvalue weighted by Gasteiger charge is -2.23. The smallest absolute Gasteiger partial charge is 0.243 e. The van der Waals surface area contributed by atoms with Crippen molar-refractivity contribution in [1.29, 1.82) is 0 Å². The van der Waals surface area contributed by atoms with Gasteiger partial charge >= 0.3 is 0 Å². The van der Waals surface area contributed by atoms with Gasteiger partial charge in [0.15, 0.2) is 0 Å². The Hall–Kier alpha value is -2.96. The van der Waals surface area contributed by atoms with Crippen LogP contribution in [-0.4, -0.2) is 31.2 Å². The Morgan fingerprint density at radius 3 is 2.20 bits per heavy atom. The van der Waals surface area contributed by atoms with E-state index in [9.17, 15) is 13.2 Å². The highest BCUT2D eigenvalue weighted by molar-refractivity contribution is 7.89. The Labute approximate surface area is 177 Å². The average Bonchev–Trinajstić information content (AvgIpc) is 3.26. The first-order chi connectivity index (χ1) is 14.4. The third-order valence-corrected chi connectivity index (χ3v) is 7.32. The molecule has 0 aromatic heterocycles. The van der Waals surface area contributed by atoms with Crippen molar-refractivity contribution >= 4 is 21.6 Å². The highest BCUT2D eigenvalue weighted by atomic mass is 32.2. The van der Waals surface area contributed by atoms with E-state index in [1.54, 1.807) is 24.3 Å². The molecule has 0 saturated carbocycles. The zero-order valence-electron chi connectivity index (χ0n) is 16.8. The normalized spacial score (nSPS) is 17.0. The zero-order chi connectivity index (χ0) is 21.1. The highest BCUT2D eigenvalue weighted by Gasteiger charge is 2.39. The maximum Gasteiger partial charge on any atom is 0.243 e. The molecule has 1 aliphatic rings. The van der Waals surface area contributed by atoms with Crippen LogP contribution in [0.4, 0.5) is 5.69 Å². The maximum atomic E-state index is 13.1. The number of benzene rings is 3. The second-order valence-corrected chi connectivity index (χ2v) is 9.41. The summed E-state index contributed by atoms with van der Waals surface area (Å²) < 4.78 is 27.4. The van der Waals surface area contributed by atoms with Gasteiger partial charge in [-0.2, -0.15) is 4.31 Å². The summed E-state index contributed by atoms with van der Waals surface area (Å²) in [6, 6.07) is 23.6. The van der Waals surface area contributed by atoms with E-state index in [2.05, 4.69) is 5.32 Å². The van der Waals surface area contributed by atoms with Crippen LogP contribution in [-0.2, 0) is 14.8 Å². The number of nitrogens with zero attached hydrogens (tertiary/aromatic N) is 1. The molecule has 1 amide bonds. The molecule has 0 aliphatic carbocycles. The van der Waals surface area contributed by atoms with E-state index in [0.717, 1.165) is 16.7 Å². The summed E-state index contributed by atoms with van der Waals surface area (Å²) in [4.78, 5) is 13.1. The molecule has 1 saturated heterocycles. The summed E-state index contributed by atoms with van der Waals surface area (Å²) in [6.07, 6.45) is 1.18. The molecule has 5 nitrogen and oxygen atoms in total. The third kappa shape index (κ3) is 4.15. The van der Waals surface area contributed by atoms with Gasteiger partial charge < -0.3 is 5.32 Å². The molecule has 1 N–H and O–H groups in total. The standard InChI is InChI=1S/C24H24N2O3S/c1-18-9-15-22(16-10-18)30(28,29)26-17-5-8-23(26)24(27)25-21-13-11-20(12-14-21)19-6-3-2-4-7-19/h2-4,6-7,9-16,23H,5,8,17H2,1H3,(H,25,27)/t23-/m1/s1. The largest absolute Gasteiger partial charge is 0.325 e. The molecule has 0 radical (unpaired) electrons. The van der Waals surface area contributed by atoms with Gasteiger partial charge in [-0.25, -0.2) is 8.42 Å². The van der Waals surface area contributed by atoms with Crippen molar-refractivity contribution in [1.82, 2.24) is 4.31 Å². The molecule has 4 rings (SSSR count). The van der Waals surface area contributed by atoms with Gasteiger partial charge in [0.25, 0.3) is 0 Å². The first kappa shape index (κ1) is 20.3. The summed E-state index contributed by atoms with van der Waals surface area (Å²) in [5.41, 5.74) is 3.79. The number of hydrogen-bond acceptors (Lipinski definition) is 3. The molecule has 30 heavy (non-hydrogen) atoms. The second-order valence-electron chi connectivity index (χ2n) is 7.52. The van der Waals surface area contributed by atoms with Crippen LogP contribution in [0.25, 0.3) is 11.1 Å². The van der Waals surface area contributed by atoms with Crippen molar-refractivity contribution in [2.45, 2.75) is 30.7 Å². The number of hydrogen-bond donors (Lipinski definition) is 1. The van der Waals surface area contributed by atoms with Crippen LogP contribution in [0, 0.1) is 6.92 Å². The highest BCUT2D eigenvalue weighted by Crippen LogP contribution is 2.28. The Bertz CT molecular complexity index is 1130. The van der Waals surface area contributed by atoms with E-state index < -0.39 is 16.1 Å². The van der Waals surface area contributed by atoms with Gasteiger partial charge in [0.1, 0.15) is 6.04 Å². The first-order valence-corrected chi connectivity index (χ1v) is 11.4. The summed E-state index contributed by atoms with van der Waals surface area (Å²) >= 11 is 0. The van der Waals surface area contributed by atoms with Gasteiger partial charge in [-0.3, -0.25) is 4.79 Å². The predicted octanol–water partition coefficient (Wildman–Crippen LogP) is 4.45. The summed E-state index contributed by atoms with van der Waals surface area (Å²) in [5.74, 6) is -0.296. The first-order valence-electron chi connectivity index (χ1n) is 10.00. The molecule has 3 aromatic carbocycles.